The summed E-state index contributed by atoms with van der Waals surface area (Å²) in [5.74, 6) is 0.0290. The lowest BCUT2D eigenvalue weighted by Crippen LogP contribution is -2.28. The van der Waals surface area contributed by atoms with E-state index >= 15 is 0 Å². The van der Waals surface area contributed by atoms with Crippen LogP contribution in [0.15, 0.2) is 18.2 Å². The molecule has 1 aromatic rings. The first-order chi connectivity index (χ1) is 8.19. The molecule has 0 heterocycles. The molecule has 0 atom stereocenters. The molecule has 4 heteroatoms. The van der Waals surface area contributed by atoms with Gasteiger partial charge in [0.25, 0.3) is 0 Å². The second kappa shape index (κ2) is 7.25. The first kappa shape index (κ1) is 13.9. The van der Waals surface area contributed by atoms with Crippen molar-refractivity contribution in [3.63, 3.8) is 0 Å². The molecule has 0 bridgehead atoms. The molecule has 0 fully saturated rings. The highest BCUT2D eigenvalue weighted by Crippen LogP contribution is 2.19. The lowest BCUT2D eigenvalue weighted by molar-refractivity contribution is 0.347. The van der Waals surface area contributed by atoms with Crippen molar-refractivity contribution < 1.29 is 9.13 Å². The Kier molecular flexibility index (Phi) is 5.94. The second-order valence-corrected chi connectivity index (χ2v) is 4.01. The molecule has 0 aliphatic carbocycles. The van der Waals surface area contributed by atoms with E-state index in [0.717, 1.165) is 19.6 Å². The minimum atomic E-state index is -0.272. The van der Waals surface area contributed by atoms with Crippen molar-refractivity contribution in [2.24, 2.45) is 0 Å². The van der Waals surface area contributed by atoms with E-state index in [9.17, 15) is 4.39 Å². The van der Waals surface area contributed by atoms with Gasteiger partial charge in [0, 0.05) is 25.2 Å². The maximum Gasteiger partial charge on any atom is 0.169 e. The largest absolute Gasteiger partial charge is 0.494 e. The summed E-state index contributed by atoms with van der Waals surface area (Å²) < 4.78 is 18.7. The molecular formula is C13H21FN2O. The highest BCUT2D eigenvalue weighted by Gasteiger charge is 2.07. The van der Waals surface area contributed by atoms with E-state index in [2.05, 4.69) is 24.2 Å². The number of hydrogen-bond acceptors (Lipinski definition) is 3. The molecule has 0 spiro atoms. The first-order valence-corrected chi connectivity index (χ1v) is 5.89. The fourth-order valence-corrected chi connectivity index (χ4v) is 1.50. The number of likely N-dealkylation sites (N-methyl/N-ethyl adjacent to an activating group) is 1. The SMILES string of the molecule is CCN(C)CCNCc1cccc(OC)c1F. The van der Waals surface area contributed by atoms with Crippen LogP contribution < -0.4 is 10.1 Å². The van der Waals surface area contributed by atoms with Crippen LogP contribution in [-0.4, -0.2) is 38.7 Å². The van der Waals surface area contributed by atoms with Gasteiger partial charge < -0.3 is 15.0 Å². The number of methoxy groups -OCH3 is 1. The molecule has 1 N–H and O–H groups in total. The van der Waals surface area contributed by atoms with E-state index in [4.69, 9.17) is 4.74 Å². The average molecular weight is 240 g/mol. The lowest BCUT2D eigenvalue weighted by Gasteiger charge is -2.14. The van der Waals surface area contributed by atoms with Gasteiger partial charge in [0.1, 0.15) is 0 Å². The lowest BCUT2D eigenvalue weighted by atomic mass is 10.2. The van der Waals surface area contributed by atoms with Gasteiger partial charge in [0.15, 0.2) is 11.6 Å². The van der Waals surface area contributed by atoms with E-state index in [0.29, 0.717) is 17.9 Å². The summed E-state index contributed by atoms with van der Waals surface area (Å²) in [5, 5.41) is 3.22. The number of benzene rings is 1. The quantitative estimate of drug-likeness (QED) is 0.736. The zero-order valence-corrected chi connectivity index (χ0v) is 10.8. The Morgan fingerprint density at radius 3 is 2.82 bits per heavy atom. The molecule has 3 nitrogen and oxygen atoms in total. The molecule has 0 saturated heterocycles. The topological polar surface area (TPSA) is 24.5 Å². The molecule has 0 amide bonds. The van der Waals surface area contributed by atoms with Crippen LogP contribution in [0.1, 0.15) is 12.5 Å². The van der Waals surface area contributed by atoms with E-state index in [-0.39, 0.29) is 5.82 Å². The molecular weight excluding hydrogens is 219 g/mol. The predicted octanol–water partition coefficient (Wildman–Crippen LogP) is 1.88. The summed E-state index contributed by atoms with van der Waals surface area (Å²) in [7, 11) is 3.54. The molecule has 0 aliphatic rings. The minimum Gasteiger partial charge on any atom is -0.494 e. The Morgan fingerprint density at radius 1 is 1.41 bits per heavy atom. The van der Waals surface area contributed by atoms with Gasteiger partial charge in [0.2, 0.25) is 0 Å². The van der Waals surface area contributed by atoms with Crippen LogP contribution in [0.2, 0.25) is 0 Å². The summed E-state index contributed by atoms with van der Waals surface area (Å²) >= 11 is 0. The van der Waals surface area contributed by atoms with Crippen LogP contribution in [0.4, 0.5) is 4.39 Å². The van der Waals surface area contributed by atoms with Gasteiger partial charge in [-0.2, -0.15) is 0 Å². The number of ether oxygens (including phenoxy) is 1. The summed E-state index contributed by atoms with van der Waals surface area (Å²) in [6.07, 6.45) is 0. The van der Waals surface area contributed by atoms with Crippen molar-refractivity contribution in [1.82, 2.24) is 10.2 Å². The van der Waals surface area contributed by atoms with Gasteiger partial charge >= 0.3 is 0 Å². The maximum atomic E-state index is 13.7. The Hall–Kier alpha value is -1.13. The molecule has 1 rings (SSSR count). The summed E-state index contributed by atoms with van der Waals surface area (Å²) in [6.45, 7) is 5.47. The van der Waals surface area contributed by atoms with E-state index < -0.39 is 0 Å². The van der Waals surface area contributed by atoms with E-state index in [1.54, 1.807) is 18.2 Å². The van der Waals surface area contributed by atoms with Crippen molar-refractivity contribution in [3.05, 3.63) is 29.6 Å². The number of hydrogen-bond donors (Lipinski definition) is 1. The molecule has 96 valence electrons. The van der Waals surface area contributed by atoms with Crippen molar-refractivity contribution in [2.45, 2.75) is 13.5 Å². The molecule has 0 radical (unpaired) electrons. The van der Waals surface area contributed by atoms with Crippen molar-refractivity contribution in [2.75, 3.05) is 33.8 Å². The van der Waals surface area contributed by atoms with E-state index in [1.165, 1.54) is 7.11 Å². The third-order valence-electron chi connectivity index (χ3n) is 2.79. The summed E-state index contributed by atoms with van der Waals surface area (Å²) in [6, 6.07) is 5.20. The van der Waals surface area contributed by atoms with Gasteiger partial charge in [-0.15, -0.1) is 0 Å². The van der Waals surface area contributed by atoms with Crippen molar-refractivity contribution in [3.8, 4) is 5.75 Å². The highest BCUT2D eigenvalue weighted by atomic mass is 19.1. The number of nitrogens with zero attached hydrogens (tertiary/aromatic N) is 1. The summed E-state index contributed by atoms with van der Waals surface area (Å²) in [5.41, 5.74) is 0.642. The zero-order chi connectivity index (χ0) is 12.7. The molecule has 0 aromatic heterocycles. The Balaban J connectivity index is 2.41. The van der Waals surface area contributed by atoms with E-state index in [1.807, 2.05) is 0 Å². The van der Waals surface area contributed by atoms with Gasteiger partial charge in [-0.3, -0.25) is 0 Å². The second-order valence-electron chi connectivity index (χ2n) is 4.01. The number of halogens is 1. The number of rotatable bonds is 7. The Morgan fingerprint density at radius 2 is 2.18 bits per heavy atom. The molecule has 17 heavy (non-hydrogen) atoms. The first-order valence-electron chi connectivity index (χ1n) is 5.89. The molecule has 0 aliphatic heterocycles. The fourth-order valence-electron chi connectivity index (χ4n) is 1.50. The van der Waals surface area contributed by atoms with Crippen LogP contribution in [-0.2, 0) is 6.54 Å². The standard InChI is InChI=1S/C13H21FN2O/c1-4-16(2)9-8-15-10-11-6-5-7-12(17-3)13(11)14/h5-7,15H,4,8-10H2,1-3H3. The van der Waals surface area contributed by atoms with Gasteiger partial charge in [0.05, 0.1) is 7.11 Å². The van der Waals surface area contributed by atoms with Gasteiger partial charge in [-0.1, -0.05) is 19.1 Å². The van der Waals surface area contributed by atoms with Crippen molar-refractivity contribution >= 4 is 0 Å². The maximum absolute atomic E-state index is 13.7. The molecule has 1 aromatic carbocycles. The third kappa shape index (κ3) is 4.32. The smallest absolute Gasteiger partial charge is 0.169 e. The van der Waals surface area contributed by atoms with Gasteiger partial charge in [-0.05, 0) is 19.7 Å². The summed E-state index contributed by atoms with van der Waals surface area (Å²) in [4.78, 5) is 2.20. The molecule has 0 saturated carbocycles. The Bertz CT molecular complexity index is 344. The third-order valence-corrected chi connectivity index (χ3v) is 2.79. The normalized spacial score (nSPS) is 10.9. The van der Waals surface area contributed by atoms with Gasteiger partial charge in [-0.25, -0.2) is 4.39 Å². The van der Waals surface area contributed by atoms with Crippen molar-refractivity contribution in [1.29, 1.82) is 0 Å². The minimum absolute atomic E-state index is 0.272. The zero-order valence-electron chi connectivity index (χ0n) is 10.8. The predicted molar refractivity (Wildman–Crippen MR) is 67.8 cm³/mol. The van der Waals surface area contributed by atoms with Crippen LogP contribution in [0.25, 0.3) is 0 Å². The van der Waals surface area contributed by atoms with Crippen LogP contribution in [0, 0.1) is 5.82 Å². The highest BCUT2D eigenvalue weighted by molar-refractivity contribution is 5.30. The van der Waals surface area contributed by atoms with Crippen LogP contribution in [0.5, 0.6) is 5.75 Å². The monoisotopic (exact) mass is 240 g/mol. The molecule has 0 unspecified atom stereocenters. The Labute approximate surface area is 103 Å². The number of nitrogens with one attached hydrogen (secondary N) is 1. The van der Waals surface area contributed by atoms with Crippen LogP contribution in [0.3, 0.4) is 0 Å². The fraction of sp³-hybridized carbons (Fsp3) is 0.538. The average Bonchev–Trinajstić information content (AvgIpc) is 2.36. The van der Waals surface area contributed by atoms with Crippen LogP contribution >= 0.6 is 0 Å².